The van der Waals surface area contributed by atoms with Gasteiger partial charge < -0.3 is 19.5 Å². The number of nitrogens with zero attached hydrogens (tertiary/aromatic N) is 1. The van der Waals surface area contributed by atoms with E-state index in [0.717, 1.165) is 16.5 Å². The average molecular weight is 422 g/mol. The second-order valence-corrected chi connectivity index (χ2v) is 6.87. The lowest BCUT2D eigenvalue weighted by Crippen LogP contribution is -2.22. The number of nitrogens with one attached hydrogen (secondary N) is 1. The van der Waals surface area contributed by atoms with Crippen molar-refractivity contribution in [3.05, 3.63) is 59.3 Å². The fourth-order valence-electron chi connectivity index (χ4n) is 3.36. The van der Waals surface area contributed by atoms with Crippen LogP contribution in [0.15, 0.2) is 42.5 Å². The van der Waals surface area contributed by atoms with Gasteiger partial charge >= 0.3 is 5.97 Å². The van der Waals surface area contributed by atoms with E-state index in [-0.39, 0.29) is 0 Å². The number of anilines is 1. The summed E-state index contributed by atoms with van der Waals surface area (Å²) >= 11 is 0. The van der Waals surface area contributed by atoms with E-state index >= 15 is 0 Å². The van der Waals surface area contributed by atoms with Gasteiger partial charge in [0.15, 0.2) is 18.1 Å². The summed E-state index contributed by atoms with van der Waals surface area (Å²) in [7, 11) is 0. The normalized spacial score (nSPS) is 10.6. The molecule has 7 nitrogen and oxygen atoms in total. The number of carbonyl (C=O) groups excluding carboxylic acids is 2. The number of ether oxygens (including phenoxy) is 3. The number of carbonyl (C=O) groups is 2. The third kappa shape index (κ3) is 5.12. The Kier molecular flexibility index (Phi) is 7.07. The number of fused-ring (bicyclic) bond motifs is 1. The number of esters is 1. The molecule has 7 heteroatoms. The molecule has 0 saturated heterocycles. The van der Waals surface area contributed by atoms with Crippen LogP contribution in [0.2, 0.25) is 0 Å². The summed E-state index contributed by atoms with van der Waals surface area (Å²) in [6, 6.07) is 12.7. The van der Waals surface area contributed by atoms with Crippen LogP contribution in [-0.2, 0) is 9.53 Å². The van der Waals surface area contributed by atoms with Gasteiger partial charge in [-0.15, -0.1) is 0 Å². The lowest BCUT2D eigenvalue weighted by molar-refractivity contribution is -0.119. The number of pyridine rings is 1. The summed E-state index contributed by atoms with van der Waals surface area (Å²) < 4.78 is 16.3. The Hall–Kier alpha value is -3.61. The molecule has 3 aromatic rings. The van der Waals surface area contributed by atoms with E-state index in [0.29, 0.717) is 41.7 Å². The van der Waals surface area contributed by atoms with Gasteiger partial charge in [-0.1, -0.05) is 18.2 Å². The summed E-state index contributed by atoms with van der Waals surface area (Å²) in [5.74, 6) is 0.102. The summed E-state index contributed by atoms with van der Waals surface area (Å²) in [5.41, 5.74) is 3.06. The second-order valence-electron chi connectivity index (χ2n) is 6.87. The maximum absolute atomic E-state index is 12.7. The lowest BCUT2D eigenvalue weighted by Gasteiger charge is -2.14. The maximum atomic E-state index is 12.7. The molecule has 0 atom stereocenters. The number of rotatable bonds is 8. The third-order valence-electron chi connectivity index (χ3n) is 4.70. The molecule has 1 amide bonds. The molecule has 1 N–H and O–H groups in total. The quantitative estimate of drug-likeness (QED) is 0.540. The van der Waals surface area contributed by atoms with Crippen molar-refractivity contribution in [3.63, 3.8) is 0 Å². The van der Waals surface area contributed by atoms with Crippen molar-refractivity contribution in [3.8, 4) is 11.5 Å². The van der Waals surface area contributed by atoms with Crippen molar-refractivity contribution < 1.29 is 23.8 Å². The SMILES string of the molecule is CCOc1ccc(NC(=O)COC(=O)c2c(C)nc3ccccc3c2C)cc1OCC. The minimum atomic E-state index is -0.579. The first kappa shape index (κ1) is 22.1. The van der Waals surface area contributed by atoms with E-state index < -0.39 is 18.5 Å². The Morgan fingerprint density at radius 2 is 1.68 bits per heavy atom. The van der Waals surface area contributed by atoms with Crippen LogP contribution < -0.4 is 14.8 Å². The number of hydrogen-bond donors (Lipinski definition) is 1. The molecule has 0 aliphatic carbocycles. The zero-order valence-electron chi connectivity index (χ0n) is 18.2. The molecule has 0 aliphatic heterocycles. The van der Waals surface area contributed by atoms with E-state index in [1.165, 1.54) is 0 Å². The fourth-order valence-corrected chi connectivity index (χ4v) is 3.36. The number of aromatic nitrogens is 1. The fraction of sp³-hybridized carbons (Fsp3) is 0.292. The van der Waals surface area contributed by atoms with Crippen LogP contribution in [0.3, 0.4) is 0 Å². The standard InChI is InChI=1S/C24H26N2O5/c1-5-29-20-12-11-17(13-21(20)30-6-2)26-22(27)14-31-24(28)23-15(3)18-9-7-8-10-19(18)25-16(23)4/h7-13H,5-6,14H2,1-4H3,(H,26,27). The molecule has 31 heavy (non-hydrogen) atoms. The summed E-state index contributed by atoms with van der Waals surface area (Å²) in [6.07, 6.45) is 0. The Labute approximate surface area is 181 Å². The van der Waals surface area contributed by atoms with Crippen LogP contribution in [0.25, 0.3) is 10.9 Å². The molecule has 1 aromatic heterocycles. The molecule has 0 fully saturated rings. The van der Waals surface area contributed by atoms with Gasteiger partial charge in [-0.3, -0.25) is 9.78 Å². The Morgan fingerprint density at radius 3 is 2.42 bits per heavy atom. The zero-order chi connectivity index (χ0) is 22.4. The highest BCUT2D eigenvalue weighted by Gasteiger charge is 2.19. The number of hydrogen-bond acceptors (Lipinski definition) is 6. The van der Waals surface area contributed by atoms with Crippen molar-refractivity contribution in [2.75, 3.05) is 25.1 Å². The molecule has 2 aromatic carbocycles. The molecule has 0 unspecified atom stereocenters. The van der Waals surface area contributed by atoms with Crippen molar-refractivity contribution in [2.24, 2.45) is 0 Å². The van der Waals surface area contributed by atoms with Crippen molar-refractivity contribution >= 4 is 28.5 Å². The van der Waals surface area contributed by atoms with E-state index in [9.17, 15) is 9.59 Å². The minimum Gasteiger partial charge on any atom is -0.490 e. The second kappa shape index (κ2) is 9.93. The molecule has 1 heterocycles. The highest BCUT2D eigenvalue weighted by Crippen LogP contribution is 2.30. The Bertz CT molecular complexity index is 1110. The Morgan fingerprint density at radius 1 is 0.968 bits per heavy atom. The van der Waals surface area contributed by atoms with Gasteiger partial charge in [0, 0.05) is 17.1 Å². The van der Waals surface area contributed by atoms with Gasteiger partial charge in [0.2, 0.25) is 0 Å². The number of amides is 1. The highest BCUT2D eigenvalue weighted by atomic mass is 16.5. The largest absolute Gasteiger partial charge is 0.490 e. The third-order valence-corrected chi connectivity index (χ3v) is 4.70. The highest BCUT2D eigenvalue weighted by molar-refractivity contribution is 6.00. The van der Waals surface area contributed by atoms with E-state index in [1.807, 2.05) is 45.0 Å². The van der Waals surface area contributed by atoms with Crippen LogP contribution in [0.1, 0.15) is 35.5 Å². The monoisotopic (exact) mass is 422 g/mol. The number of para-hydroxylation sites is 1. The molecular weight excluding hydrogens is 396 g/mol. The van der Waals surface area contributed by atoms with Gasteiger partial charge in [-0.05, 0) is 51.5 Å². The van der Waals surface area contributed by atoms with Gasteiger partial charge in [0.25, 0.3) is 5.91 Å². The molecule has 162 valence electrons. The number of benzene rings is 2. The van der Waals surface area contributed by atoms with Crippen molar-refractivity contribution in [1.29, 1.82) is 0 Å². The summed E-state index contributed by atoms with van der Waals surface area (Å²) in [5, 5.41) is 3.59. The van der Waals surface area contributed by atoms with E-state index in [2.05, 4.69) is 10.3 Å². The number of aryl methyl sites for hydroxylation is 2. The average Bonchev–Trinajstić information content (AvgIpc) is 2.74. The van der Waals surface area contributed by atoms with Gasteiger partial charge in [0.05, 0.1) is 30.0 Å². The molecular formula is C24H26N2O5. The van der Waals surface area contributed by atoms with Gasteiger partial charge in [-0.2, -0.15) is 0 Å². The van der Waals surface area contributed by atoms with Crippen LogP contribution >= 0.6 is 0 Å². The first-order valence-corrected chi connectivity index (χ1v) is 10.2. The molecule has 0 spiro atoms. The van der Waals surface area contributed by atoms with Gasteiger partial charge in [-0.25, -0.2) is 4.79 Å². The predicted molar refractivity (Wildman–Crippen MR) is 119 cm³/mol. The van der Waals surface area contributed by atoms with Crippen LogP contribution in [-0.4, -0.2) is 36.7 Å². The van der Waals surface area contributed by atoms with Crippen LogP contribution in [0.5, 0.6) is 11.5 Å². The first-order chi connectivity index (χ1) is 14.9. The molecule has 0 saturated carbocycles. The van der Waals surface area contributed by atoms with E-state index in [4.69, 9.17) is 14.2 Å². The van der Waals surface area contributed by atoms with Crippen molar-refractivity contribution in [1.82, 2.24) is 4.98 Å². The Balaban J connectivity index is 1.68. The summed E-state index contributed by atoms with van der Waals surface area (Å²) in [4.78, 5) is 29.5. The van der Waals surface area contributed by atoms with E-state index in [1.54, 1.807) is 25.1 Å². The minimum absolute atomic E-state index is 0.381. The molecule has 3 rings (SSSR count). The van der Waals surface area contributed by atoms with Crippen LogP contribution in [0.4, 0.5) is 5.69 Å². The first-order valence-electron chi connectivity index (χ1n) is 10.2. The maximum Gasteiger partial charge on any atom is 0.340 e. The summed E-state index contributed by atoms with van der Waals surface area (Å²) in [6.45, 7) is 7.91. The van der Waals surface area contributed by atoms with Crippen LogP contribution in [0, 0.1) is 13.8 Å². The molecule has 0 aliphatic rings. The zero-order valence-corrected chi connectivity index (χ0v) is 18.2. The topological polar surface area (TPSA) is 86.8 Å². The predicted octanol–water partition coefficient (Wildman–Crippen LogP) is 4.44. The lowest BCUT2D eigenvalue weighted by atomic mass is 10.0. The van der Waals surface area contributed by atoms with Crippen molar-refractivity contribution in [2.45, 2.75) is 27.7 Å². The smallest absolute Gasteiger partial charge is 0.340 e. The molecule has 0 radical (unpaired) electrons. The molecule has 0 bridgehead atoms. The van der Waals surface area contributed by atoms with Gasteiger partial charge in [0.1, 0.15) is 0 Å².